The summed E-state index contributed by atoms with van der Waals surface area (Å²) >= 11 is 5.69. The zero-order valence-electron chi connectivity index (χ0n) is 10.4. The molecule has 1 aromatic carbocycles. The van der Waals surface area contributed by atoms with Gasteiger partial charge in [-0.3, -0.25) is 14.3 Å². The number of unbranched alkanes of at least 4 members (excludes halogenated alkanes) is 1. The van der Waals surface area contributed by atoms with E-state index >= 15 is 0 Å². The summed E-state index contributed by atoms with van der Waals surface area (Å²) in [5.74, 6) is 0. The van der Waals surface area contributed by atoms with Gasteiger partial charge in [-0.2, -0.15) is 0 Å². The molecule has 1 heterocycles. The molecule has 0 spiro atoms. The molecular formula is C14H15ClN2O2. The standard InChI is InChI=1S/C14H15ClN2O2/c15-12-10-17(14(19)16-13(12)18)9-5-4-8-11-6-2-1-3-7-11/h1-3,6-7,10H,4-5,8-9H2,(H,16,18,19). The van der Waals surface area contributed by atoms with Crippen LogP contribution >= 0.6 is 11.6 Å². The highest BCUT2D eigenvalue weighted by atomic mass is 35.5. The smallest absolute Gasteiger partial charge is 0.299 e. The summed E-state index contributed by atoms with van der Waals surface area (Å²) in [6.45, 7) is 0.558. The van der Waals surface area contributed by atoms with Crippen LogP contribution in [0.2, 0.25) is 5.02 Å². The highest BCUT2D eigenvalue weighted by molar-refractivity contribution is 6.30. The molecule has 5 heteroatoms. The van der Waals surface area contributed by atoms with E-state index in [1.807, 2.05) is 18.2 Å². The van der Waals surface area contributed by atoms with E-state index in [-0.39, 0.29) is 5.02 Å². The van der Waals surface area contributed by atoms with Crippen molar-refractivity contribution in [2.45, 2.75) is 25.8 Å². The first kappa shape index (κ1) is 13.6. The van der Waals surface area contributed by atoms with Crippen molar-refractivity contribution in [3.05, 3.63) is 68.0 Å². The molecule has 0 bridgehead atoms. The van der Waals surface area contributed by atoms with E-state index in [1.54, 1.807) is 0 Å². The molecule has 0 aliphatic heterocycles. The molecule has 0 aliphatic rings. The monoisotopic (exact) mass is 278 g/mol. The Morgan fingerprint density at radius 3 is 2.58 bits per heavy atom. The fourth-order valence-corrected chi connectivity index (χ4v) is 2.07. The first-order valence-electron chi connectivity index (χ1n) is 6.20. The highest BCUT2D eigenvalue weighted by Gasteiger charge is 2.01. The van der Waals surface area contributed by atoms with E-state index in [2.05, 4.69) is 17.1 Å². The van der Waals surface area contributed by atoms with E-state index in [9.17, 15) is 9.59 Å². The van der Waals surface area contributed by atoms with Crippen LogP contribution in [0.5, 0.6) is 0 Å². The Bertz CT molecular complexity index is 646. The second kappa shape index (κ2) is 6.38. The third-order valence-corrected chi connectivity index (χ3v) is 3.19. The van der Waals surface area contributed by atoms with Crippen LogP contribution in [-0.4, -0.2) is 9.55 Å². The number of nitrogens with zero attached hydrogens (tertiary/aromatic N) is 1. The molecule has 100 valence electrons. The topological polar surface area (TPSA) is 54.9 Å². The zero-order chi connectivity index (χ0) is 13.7. The minimum Gasteiger partial charge on any atom is -0.299 e. The minimum absolute atomic E-state index is 0.0441. The number of aromatic nitrogens is 2. The number of hydrogen-bond acceptors (Lipinski definition) is 2. The molecule has 19 heavy (non-hydrogen) atoms. The third-order valence-electron chi connectivity index (χ3n) is 2.92. The summed E-state index contributed by atoms with van der Waals surface area (Å²) in [5.41, 5.74) is 0.343. The van der Waals surface area contributed by atoms with E-state index in [1.165, 1.54) is 16.3 Å². The largest absolute Gasteiger partial charge is 0.328 e. The first-order valence-corrected chi connectivity index (χ1v) is 6.58. The Morgan fingerprint density at radius 2 is 1.84 bits per heavy atom. The number of nitrogens with one attached hydrogen (secondary N) is 1. The molecular weight excluding hydrogens is 264 g/mol. The van der Waals surface area contributed by atoms with Gasteiger partial charge < -0.3 is 0 Å². The van der Waals surface area contributed by atoms with Gasteiger partial charge in [0.25, 0.3) is 5.56 Å². The van der Waals surface area contributed by atoms with Gasteiger partial charge >= 0.3 is 5.69 Å². The van der Waals surface area contributed by atoms with Crippen LogP contribution in [0.15, 0.2) is 46.1 Å². The summed E-state index contributed by atoms with van der Waals surface area (Å²) in [6, 6.07) is 10.2. The summed E-state index contributed by atoms with van der Waals surface area (Å²) in [6.07, 6.45) is 4.21. The van der Waals surface area contributed by atoms with Gasteiger partial charge in [-0.15, -0.1) is 0 Å². The summed E-state index contributed by atoms with van der Waals surface area (Å²) in [5, 5.41) is 0.0441. The van der Waals surface area contributed by atoms with Crippen molar-refractivity contribution in [2.75, 3.05) is 0 Å². The van der Waals surface area contributed by atoms with Crippen molar-refractivity contribution in [3.63, 3.8) is 0 Å². The molecule has 0 aliphatic carbocycles. The Hall–Kier alpha value is -1.81. The second-order valence-corrected chi connectivity index (χ2v) is 4.78. The highest BCUT2D eigenvalue weighted by Crippen LogP contribution is 2.05. The lowest BCUT2D eigenvalue weighted by atomic mass is 10.1. The fourth-order valence-electron chi connectivity index (χ4n) is 1.90. The van der Waals surface area contributed by atoms with E-state index in [0.717, 1.165) is 19.3 Å². The van der Waals surface area contributed by atoms with Gasteiger partial charge in [-0.1, -0.05) is 41.9 Å². The van der Waals surface area contributed by atoms with Crippen LogP contribution < -0.4 is 11.2 Å². The number of aromatic amines is 1. The summed E-state index contributed by atoms with van der Waals surface area (Å²) in [7, 11) is 0. The number of H-pyrrole nitrogens is 1. The lowest BCUT2D eigenvalue weighted by Gasteiger charge is -2.05. The van der Waals surface area contributed by atoms with Crippen LogP contribution in [0.1, 0.15) is 18.4 Å². The van der Waals surface area contributed by atoms with Crippen molar-refractivity contribution >= 4 is 11.6 Å². The molecule has 1 aromatic heterocycles. The van der Waals surface area contributed by atoms with Crippen LogP contribution in [0, 0.1) is 0 Å². The molecule has 0 unspecified atom stereocenters. The van der Waals surface area contributed by atoms with Gasteiger partial charge in [0.05, 0.1) is 0 Å². The van der Waals surface area contributed by atoms with Gasteiger partial charge in [0.2, 0.25) is 0 Å². The SMILES string of the molecule is O=c1[nH]c(=O)n(CCCCc2ccccc2)cc1Cl. The van der Waals surface area contributed by atoms with Crippen LogP contribution in [0.4, 0.5) is 0 Å². The summed E-state index contributed by atoms with van der Waals surface area (Å²) < 4.78 is 1.44. The lowest BCUT2D eigenvalue weighted by molar-refractivity contribution is 0.580. The molecule has 0 amide bonds. The Balaban J connectivity index is 1.88. The number of rotatable bonds is 5. The van der Waals surface area contributed by atoms with Gasteiger partial charge in [0.15, 0.2) is 0 Å². The predicted molar refractivity (Wildman–Crippen MR) is 75.7 cm³/mol. The maximum absolute atomic E-state index is 11.5. The minimum atomic E-state index is -0.535. The van der Waals surface area contributed by atoms with Gasteiger partial charge in [0.1, 0.15) is 5.02 Å². The fraction of sp³-hybridized carbons (Fsp3) is 0.286. The lowest BCUT2D eigenvalue weighted by Crippen LogP contribution is -2.29. The Kier molecular flexibility index (Phi) is 4.58. The normalized spacial score (nSPS) is 10.6. The van der Waals surface area contributed by atoms with E-state index in [4.69, 9.17) is 11.6 Å². The van der Waals surface area contributed by atoms with Crippen LogP contribution in [0.25, 0.3) is 0 Å². The molecule has 2 rings (SSSR count). The molecule has 0 atom stereocenters. The molecule has 0 fully saturated rings. The summed E-state index contributed by atoms with van der Waals surface area (Å²) in [4.78, 5) is 24.8. The number of hydrogen-bond donors (Lipinski definition) is 1. The maximum Gasteiger partial charge on any atom is 0.328 e. The van der Waals surface area contributed by atoms with Gasteiger partial charge in [0, 0.05) is 12.7 Å². The predicted octanol–water partition coefficient (Wildman–Crippen LogP) is 2.21. The Morgan fingerprint density at radius 1 is 1.11 bits per heavy atom. The second-order valence-electron chi connectivity index (χ2n) is 4.37. The Labute approximate surface area is 115 Å². The molecule has 0 saturated carbocycles. The van der Waals surface area contributed by atoms with Crippen molar-refractivity contribution in [1.82, 2.24) is 9.55 Å². The number of aryl methyl sites for hydroxylation is 2. The number of halogens is 1. The molecule has 0 radical (unpaired) electrons. The molecule has 0 saturated heterocycles. The van der Waals surface area contributed by atoms with Crippen molar-refractivity contribution in [2.24, 2.45) is 0 Å². The average Bonchev–Trinajstić information content (AvgIpc) is 2.41. The van der Waals surface area contributed by atoms with Crippen LogP contribution in [-0.2, 0) is 13.0 Å². The first-order chi connectivity index (χ1) is 9.16. The molecule has 4 nitrogen and oxygen atoms in total. The molecule has 2 aromatic rings. The van der Waals surface area contributed by atoms with Crippen molar-refractivity contribution in [3.8, 4) is 0 Å². The van der Waals surface area contributed by atoms with Gasteiger partial charge in [-0.05, 0) is 24.8 Å². The van der Waals surface area contributed by atoms with Crippen LogP contribution in [0.3, 0.4) is 0 Å². The van der Waals surface area contributed by atoms with Gasteiger partial charge in [-0.25, -0.2) is 4.79 Å². The average molecular weight is 279 g/mol. The zero-order valence-corrected chi connectivity index (χ0v) is 11.2. The van der Waals surface area contributed by atoms with Crippen molar-refractivity contribution < 1.29 is 0 Å². The van der Waals surface area contributed by atoms with Crippen molar-refractivity contribution in [1.29, 1.82) is 0 Å². The maximum atomic E-state index is 11.5. The van der Waals surface area contributed by atoms with E-state index < -0.39 is 11.2 Å². The number of benzene rings is 1. The molecule has 1 N–H and O–H groups in total. The third kappa shape index (κ3) is 3.83. The van der Waals surface area contributed by atoms with E-state index in [0.29, 0.717) is 6.54 Å². The quantitative estimate of drug-likeness (QED) is 0.853.